The van der Waals surface area contributed by atoms with Crippen molar-refractivity contribution in [3.8, 4) is 0 Å². The molecule has 3 aliphatic rings. The molecule has 0 bridgehead atoms. The Kier molecular flexibility index (Phi) is 6.63. The molecular formula is C23H29F3N6OS. The van der Waals surface area contributed by atoms with Gasteiger partial charge in [0.25, 0.3) is 0 Å². The van der Waals surface area contributed by atoms with E-state index < -0.39 is 11.7 Å². The molecular weight excluding hydrogens is 465 g/mol. The van der Waals surface area contributed by atoms with Crippen LogP contribution in [0.25, 0.3) is 0 Å². The number of thioether (sulfide) groups is 1. The van der Waals surface area contributed by atoms with Crippen LogP contribution in [0.15, 0.2) is 29.4 Å². The molecule has 34 heavy (non-hydrogen) atoms. The summed E-state index contributed by atoms with van der Waals surface area (Å²) in [4.78, 5) is 18.9. The molecule has 0 unspecified atom stereocenters. The van der Waals surface area contributed by atoms with Crippen LogP contribution in [0.4, 0.5) is 24.8 Å². The van der Waals surface area contributed by atoms with Gasteiger partial charge < -0.3 is 14.7 Å². The second kappa shape index (κ2) is 9.67. The van der Waals surface area contributed by atoms with Crippen molar-refractivity contribution in [2.75, 3.05) is 54.8 Å². The van der Waals surface area contributed by atoms with E-state index in [1.807, 2.05) is 4.90 Å². The maximum Gasteiger partial charge on any atom is 0.416 e. The van der Waals surface area contributed by atoms with Gasteiger partial charge in [0.2, 0.25) is 11.9 Å². The molecule has 11 heteroatoms. The van der Waals surface area contributed by atoms with E-state index in [4.69, 9.17) is 0 Å². The van der Waals surface area contributed by atoms with Crippen molar-refractivity contribution < 1.29 is 18.0 Å². The fourth-order valence-corrected chi connectivity index (χ4v) is 5.54. The molecule has 3 fully saturated rings. The number of halogens is 3. The van der Waals surface area contributed by atoms with Gasteiger partial charge in [-0.3, -0.25) is 9.36 Å². The van der Waals surface area contributed by atoms with Crippen LogP contribution < -0.4 is 9.80 Å². The summed E-state index contributed by atoms with van der Waals surface area (Å²) < 4.78 is 41.3. The van der Waals surface area contributed by atoms with Crippen LogP contribution >= 0.6 is 11.8 Å². The third-order valence-corrected chi connectivity index (χ3v) is 7.62. The summed E-state index contributed by atoms with van der Waals surface area (Å²) in [6.45, 7) is 4.01. The standard InChI is InChI=1S/C23H29F3N6OS/c24-23(25,26)17-5-4-6-19(15-17)29-11-13-30(14-12-29)20(33)16-34-22-28-27-21(32(22)18-7-8-18)31-9-2-1-3-10-31/h4-6,15,18H,1-3,7-14,16H2. The van der Waals surface area contributed by atoms with Crippen LogP contribution in [0.3, 0.4) is 0 Å². The van der Waals surface area contributed by atoms with Gasteiger partial charge in [0.05, 0.1) is 11.3 Å². The number of hydrogen-bond donors (Lipinski definition) is 0. The number of anilines is 2. The Morgan fingerprint density at radius 2 is 1.71 bits per heavy atom. The number of nitrogens with zero attached hydrogens (tertiary/aromatic N) is 6. The maximum absolute atomic E-state index is 13.0. The van der Waals surface area contributed by atoms with Crippen molar-refractivity contribution in [1.29, 1.82) is 0 Å². The van der Waals surface area contributed by atoms with Crippen LogP contribution in [0.2, 0.25) is 0 Å². The number of carbonyl (C=O) groups is 1. The highest BCUT2D eigenvalue weighted by Crippen LogP contribution is 2.41. The van der Waals surface area contributed by atoms with E-state index in [-0.39, 0.29) is 11.7 Å². The normalized spacial score (nSPS) is 19.6. The lowest BCUT2D eigenvalue weighted by Gasteiger charge is -2.36. The number of benzene rings is 1. The number of piperazine rings is 1. The van der Waals surface area contributed by atoms with Gasteiger partial charge in [-0.15, -0.1) is 10.2 Å². The zero-order valence-corrected chi connectivity index (χ0v) is 19.8. The van der Waals surface area contributed by atoms with Gasteiger partial charge in [-0.1, -0.05) is 17.8 Å². The molecule has 5 rings (SSSR count). The first-order valence-corrected chi connectivity index (χ1v) is 12.9. The first kappa shape index (κ1) is 23.3. The minimum absolute atomic E-state index is 0.0264. The van der Waals surface area contributed by atoms with Crippen molar-refractivity contribution >= 4 is 29.3 Å². The van der Waals surface area contributed by atoms with Gasteiger partial charge in [-0.05, 0) is 50.3 Å². The minimum Gasteiger partial charge on any atom is -0.368 e. The lowest BCUT2D eigenvalue weighted by Crippen LogP contribution is -2.49. The molecule has 0 atom stereocenters. The Labute approximate surface area is 201 Å². The van der Waals surface area contributed by atoms with E-state index in [9.17, 15) is 18.0 Å². The first-order valence-electron chi connectivity index (χ1n) is 11.9. The molecule has 2 aliphatic heterocycles. The summed E-state index contributed by atoms with van der Waals surface area (Å²) in [6, 6.07) is 5.81. The number of carbonyl (C=O) groups excluding carboxylic acids is 1. The number of rotatable bonds is 6. The van der Waals surface area contributed by atoms with Crippen molar-refractivity contribution in [2.45, 2.75) is 49.5 Å². The Morgan fingerprint density at radius 1 is 0.971 bits per heavy atom. The highest BCUT2D eigenvalue weighted by Gasteiger charge is 2.33. The predicted octanol–water partition coefficient (Wildman–Crippen LogP) is 4.06. The van der Waals surface area contributed by atoms with E-state index >= 15 is 0 Å². The van der Waals surface area contributed by atoms with Gasteiger partial charge in [-0.25, -0.2) is 0 Å². The summed E-state index contributed by atoms with van der Waals surface area (Å²) in [5.41, 5.74) is -0.109. The summed E-state index contributed by atoms with van der Waals surface area (Å²) in [5, 5.41) is 9.68. The third kappa shape index (κ3) is 5.13. The van der Waals surface area contributed by atoms with Crippen LogP contribution in [0.5, 0.6) is 0 Å². The summed E-state index contributed by atoms with van der Waals surface area (Å²) in [7, 11) is 0. The molecule has 0 spiro atoms. The highest BCUT2D eigenvalue weighted by atomic mass is 32.2. The molecule has 1 aromatic carbocycles. The second-order valence-corrected chi connectivity index (χ2v) is 10.1. The molecule has 1 amide bonds. The molecule has 3 heterocycles. The second-order valence-electron chi connectivity index (χ2n) is 9.14. The van der Waals surface area contributed by atoms with E-state index in [0.29, 0.717) is 37.9 Å². The Morgan fingerprint density at radius 3 is 2.38 bits per heavy atom. The molecule has 0 radical (unpaired) electrons. The Balaban J connectivity index is 1.17. The molecule has 1 aromatic heterocycles. The van der Waals surface area contributed by atoms with Crippen LogP contribution in [-0.4, -0.2) is 70.6 Å². The van der Waals surface area contributed by atoms with Gasteiger partial charge in [0, 0.05) is 51.0 Å². The van der Waals surface area contributed by atoms with Crippen LogP contribution in [0, 0.1) is 0 Å². The van der Waals surface area contributed by atoms with Gasteiger partial charge in [0.15, 0.2) is 5.16 Å². The van der Waals surface area contributed by atoms with E-state index in [2.05, 4.69) is 19.7 Å². The maximum atomic E-state index is 13.0. The highest BCUT2D eigenvalue weighted by molar-refractivity contribution is 7.99. The number of piperidine rings is 1. The molecule has 2 saturated heterocycles. The zero-order chi connectivity index (χ0) is 23.7. The number of alkyl halides is 3. The fourth-order valence-electron chi connectivity index (χ4n) is 4.64. The molecule has 2 aromatic rings. The summed E-state index contributed by atoms with van der Waals surface area (Å²) in [5.74, 6) is 1.25. The Bertz CT molecular complexity index is 1010. The third-order valence-electron chi connectivity index (χ3n) is 6.69. The van der Waals surface area contributed by atoms with Crippen LogP contribution in [-0.2, 0) is 11.0 Å². The molecule has 1 saturated carbocycles. The summed E-state index contributed by atoms with van der Waals surface area (Å²) in [6.07, 6.45) is 1.48. The van der Waals surface area contributed by atoms with Gasteiger partial charge in [-0.2, -0.15) is 13.2 Å². The minimum atomic E-state index is -4.36. The molecule has 0 N–H and O–H groups in total. The van der Waals surface area contributed by atoms with Crippen molar-refractivity contribution in [3.05, 3.63) is 29.8 Å². The monoisotopic (exact) mass is 494 g/mol. The lowest BCUT2D eigenvalue weighted by molar-refractivity contribution is -0.137. The Hall–Kier alpha value is -2.43. The van der Waals surface area contributed by atoms with Crippen molar-refractivity contribution in [1.82, 2.24) is 19.7 Å². The summed E-state index contributed by atoms with van der Waals surface area (Å²) >= 11 is 1.44. The molecule has 184 valence electrons. The number of amides is 1. The quantitative estimate of drug-likeness (QED) is 0.565. The topological polar surface area (TPSA) is 57.5 Å². The van der Waals surface area contributed by atoms with E-state index in [0.717, 1.165) is 43.1 Å². The number of hydrogen-bond acceptors (Lipinski definition) is 6. The smallest absolute Gasteiger partial charge is 0.368 e. The molecule has 1 aliphatic carbocycles. The average molecular weight is 495 g/mol. The molecule has 7 nitrogen and oxygen atoms in total. The SMILES string of the molecule is O=C(CSc1nnc(N2CCCCC2)n1C1CC1)N1CCN(c2cccc(C(F)(F)F)c2)CC1. The van der Waals surface area contributed by atoms with E-state index in [1.54, 1.807) is 11.0 Å². The van der Waals surface area contributed by atoms with E-state index in [1.165, 1.54) is 43.2 Å². The predicted molar refractivity (Wildman–Crippen MR) is 125 cm³/mol. The van der Waals surface area contributed by atoms with Crippen molar-refractivity contribution in [2.24, 2.45) is 0 Å². The van der Waals surface area contributed by atoms with Crippen LogP contribution in [0.1, 0.15) is 43.7 Å². The van der Waals surface area contributed by atoms with Crippen molar-refractivity contribution in [3.63, 3.8) is 0 Å². The van der Waals surface area contributed by atoms with Gasteiger partial charge in [0.1, 0.15) is 0 Å². The fraction of sp³-hybridized carbons (Fsp3) is 0.609. The van der Waals surface area contributed by atoms with Gasteiger partial charge >= 0.3 is 6.18 Å². The first-order chi connectivity index (χ1) is 16.4. The zero-order valence-electron chi connectivity index (χ0n) is 19.0. The largest absolute Gasteiger partial charge is 0.416 e. The average Bonchev–Trinajstić information content (AvgIpc) is 3.61. The lowest BCUT2D eigenvalue weighted by atomic mass is 10.1. The number of aromatic nitrogens is 3.